The predicted molar refractivity (Wildman–Crippen MR) is 90.9 cm³/mol. The first-order valence-corrected chi connectivity index (χ1v) is 9.15. The Kier molecular flexibility index (Phi) is 11.1. The average molecular weight is 310 g/mol. The number of methoxy groups -OCH3 is 1. The van der Waals surface area contributed by atoms with E-state index in [9.17, 15) is 4.79 Å². The van der Waals surface area contributed by atoms with Gasteiger partial charge in [-0.05, 0) is 32.1 Å². The molecule has 0 aliphatic carbocycles. The largest absolute Gasteiger partial charge is 0.469 e. The molecule has 1 aliphatic rings. The zero-order valence-corrected chi connectivity index (χ0v) is 14.5. The third kappa shape index (κ3) is 9.99. The fourth-order valence-electron chi connectivity index (χ4n) is 2.75. The molecule has 2 atom stereocenters. The van der Waals surface area contributed by atoms with Crippen molar-refractivity contribution in [3.63, 3.8) is 0 Å². The molecule has 0 aromatic heterocycles. The summed E-state index contributed by atoms with van der Waals surface area (Å²) in [4.78, 5) is 10.9. The molecule has 0 saturated carbocycles. The summed E-state index contributed by atoms with van der Waals surface area (Å²) in [6.45, 7) is 2.24. The summed E-state index contributed by atoms with van der Waals surface area (Å²) in [5, 5.41) is 0. The third-order valence-corrected chi connectivity index (χ3v) is 4.29. The van der Waals surface area contributed by atoms with Crippen LogP contribution in [-0.2, 0) is 14.3 Å². The van der Waals surface area contributed by atoms with Crippen molar-refractivity contribution >= 4 is 5.97 Å². The van der Waals surface area contributed by atoms with Gasteiger partial charge in [-0.15, -0.1) is 0 Å². The quantitative estimate of drug-likeness (QED) is 0.192. The molecule has 3 nitrogen and oxygen atoms in total. The van der Waals surface area contributed by atoms with E-state index in [1.54, 1.807) is 0 Å². The molecule has 1 aliphatic heterocycles. The second kappa shape index (κ2) is 12.7. The van der Waals surface area contributed by atoms with Gasteiger partial charge < -0.3 is 9.47 Å². The Morgan fingerprint density at radius 2 is 1.77 bits per heavy atom. The fraction of sp³-hybridized carbons (Fsp3) is 0.842. The van der Waals surface area contributed by atoms with Gasteiger partial charge in [0.15, 0.2) is 0 Å². The van der Waals surface area contributed by atoms with E-state index in [1.165, 1.54) is 58.5 Å². The Morgan fingerprint density at radius 1 is 1.00 bits per heavy atom. The Labute approximate surface area is 136 Å². The number of hydrogen-bond acceptors (Lipinski definition) is 3. The number of allylic oxidation sites excluding steroid dienone is 1. The summed E-state index contributed by atoms with van der Waals surface area (Å²) < 4.78 is 10.3. The minimum atomic E-state index is -0.0850. The first-order chi connectivity index (χ1) is 10.8. The van der Waals surface area contributed by atoms with Crippen LogP contribution in [0.2, 0.25) is 0 Å². The number of epoxide rings is 1. The highest BCUT2D eigenvalue weighted by Crippen LogP contribution is 2.30. The summed E-state index contributed by atoms with van der Waals surface area (Å²) >= 11 is 0. The van der Waals surface area contributed by atoms with Crippen LogP contribution in [0.25, 0.3) is 0 Å². The summed E-state index contributed by atoms with van der Waals surface area (Å²) in [5.41, 5.74) is 0. The highest BCUT2D eigenvalue weighted by molar-refractivity contribution is 5.68. The summed E-state index contributed by atoms with van der Waals surface area (Å²) in [6, 6.07) is 0. The number of esters is 1. The third-order valence-electron chi connectivity index (χ3n) is 4.29. The van der Waals surface area contributed by atoms with Crippen LogP contribution < -0.4 is 0 Å². The summed E-state index contributed by atoms with van der Waals surface area (Å²) in [6.07, 6.45) is 19.5. The first kappa shape index (κ1) is 19.2. The standard InChI is InChI=1S/C19H34O3/c1-3-4-11-14-17-18(22-17)15-12-9-7-5-6-8-10-13-16-19(20)21-2/h9,12,17-18H,3-8,10-11,13-16H2,1-2H3/b12-9-/t17-,18+/m1/s1. The summed E-state index contributed by atoms with van der Waals surface area (Å²) in [7, 11) is 1.45. The van der Waals surface area contributed by atoms with Crippen molar-refractivity contribution in [2.45, 2.75) is 96.2 Å². The molecule has 0 N–H and O–H groups in total. The van der Waals surface area contributed by atoms with Gasteiger partial charge in [-0.3, -0.25) is 4.79 Å². The lowest BCUT2D eigenvalue weighted by Crippen LogP contribution is -1.99. The molecule has 0 amide bonds. The maximum absolute atomic E-state index is 10.9. The predicted octanol–water partition coefficient (Wildman–Crippen LogP) is 5.18. The molecule has 1 fully saturated rings. The van der Waals surface area contributed by atoms with Crippen LogP contribution in [0.1, 0.15) is 84.0 Å². The molecule has 0 bridgehead atoms. The molecule has 1 saturated heterocycles. The lowest BCUT2D eigenvalue weighted by molar-refractivity contribution is -0.140. The molecule has 0 radical (unpaired) electrons. The number of carbonyl (C=O) groups excluding carboxylic acids is 1. The SMILES string of the molecule is CCCCC[C@H]1O[C@H]1C/C=C\CCCCCCCC(=O)OC. The average Bonchev–Trinajstić information content (AvgIpc) is 3.27. The van der Waals surface area contributed by atoms with Gasteiger partial charge in [0, 0.05) is 6.42 Å². The normalized spacial score (nSPS) is 20.5. The molecule has 1 rings (SSSR count). The van der Waals surface area contributed by atoms with Crippen molar-refractivity contribution in [3.8, 4) is 0 Å². The second-order valence-corrected chi connectivity index (χ2v) is 6.30. The fourth-order valence-corrected chi connectivity index (χ4v) is 2.75. The van der Waals surface area contributed by atoms with E-state index in [2.05, 4.69) is 23.8 Å². The van der Waals surface area contributed by atoms with Crippen LogP contribution in [-0.4, -0.2) is 25.3 Å². The van der Waals surface area contributed by atoms with Crippen molar-refractivity contribution in [3.05, 3.63) is 12.2 Å². The topological polar surface area (TPSA) is 38.8 Å². The van der Waals surface area contributed by atoms with E-state index in [4.69, 9.17) is 4.74 Å². The number of ether oxygens (including phenoxy) is 2. The van der Waals surface area contributed by atoms with Gasteiger partial charge in [-0.2, -0.15) is 0 Å². The Bertz CT molecular complexity index is 312. The number of carbonyl (C=O) groups is 1. The molecule has 128 valence electrons. The Hall–Kier alpha value is -0.830. The van der Waals surface area contributed by atoms with E-state index in [-0.39, 0.29) is 5.97 Å². The van der Waals surface area contributed by atoms with Crippen LogP contribution in [0.15, 0.2) is 12.2 Å². The molecule has 0 aromatic carbocycles. The van der Waals surface area contributed by atoms with E-state index < -0.39 is 0 Å². The van der Waals surface area contributed by atoms with Gasteiger partial charge in [0.05, 0.1) is 19.3 Å². The number of unbranched alkanes of at least 4 members (excludes halogenated alkanes) is 7. The zero-order chi connectivity index (χ0) is 16.0. The number of rotatable bonds is 14. The van der Waals surface area contributed by atoms with Gasteiger partial charge in [0.1, 0.15) is 0 Å². The van der Waals surface area contributed by atoms with Crippen LogP contribution in [0.3, 0.4) is 0 Å². The van der Waals surface area contributed by atoms with Crippen LogP contribution >= 0.6 is 0 Å². The van der Waals surface area contributed by atoms with Gasteiger partial charge in [0.25, 0.3) is 0 Å². The highest BCUT2D eigenvalue weighted by atomic mass is 16.6. The van der Waals surface area contributed by atoms with Gasteiger partial charge >= 0.3 is 5.97 Å². The molecule has 0 unspecified atom stereocenters. The van der Waals surface area contributed by atoms with E-state index in [0.717, 1.165) is 19.3 Å². The smallest absolute Gasteiger partial charge is 0.305 e. The minimum absolute atomic E-state index is 0.0850. The molecular formula is C19H34O3. The molecule has 0 aromatic rings. The Morgan fingerprint density at radius 3 is 2.55 bits per heavy atom. The lowest BCUT2D eigenvalue weighted by Gasteiger charge is -2.00. The second-order valence-electron chi connectivity index (χ2n) is 6.30. The van der Waals surface area contributed by atoms with Crippen LogP contribution in [0, 0.1) is 0 Å². The minimum Gasteiger partial charge on any atom is -0.469 e. The van der Waals surface area contributed by atoms with Gasteiger partial charge in [-0.25, -0.2) is 0 Å². The van der Waals surface area contributed by atoms with E-state index >= 15 is 0 Å². The van der Waals surface area contributed by atoms with Gasteiger partial charge in [-0.1, -0.05) is 57.6 Å². The molecular weight excluding hydrogens is 276 g/mol. The molecule has 1 heterocycles. The molecule has 22 heavy (non-hydrogen) atoms. The van der Waals surface area contributed by atoms with E-state index in [1.807, 2.05) is 0 Å². The zero-order valence-electron chi connectivity index (χ0n) is 14.5. The number of hydrogen-bond donors (Lipinski definition) is 0. The van der Waals surface area contributed by atoms with Crippen molar-refractivity contribution in [2.75, 3.05) is 7.11 Å². The Balaban J connectivity index is 1.80. The van der Waals surface area contributed by atoms with Crippen molar-refractivity contribution < 1.29 is 14.3 Å². The lowest BCUT2D eigenvalue weighted by atomic mass is 10.1. The van der Waals surface area contributed by atoms with Crippen LogP contribution in [0.4, 0.5) is 0 Å². The highest BCUT2D eigenvalue weighted by Gasteiger charge is 2.36. The van der Waals surface area contributed by atoms with E-state index in [0.29, 0.717) is 18.6 Å². The maximum atomic E-state index is 10.9. The monoisotopic (exact) mass is 310 g/mol. The van der Waals surface area contributed by atoms with Gasteiger partial charge in [0.2, 0.25) is 0 Å². The maximum Gasteiger partial charge on any atom is 0.305 e. The summed E-state index contributed by atoms with van der Waals surface area (Å²) in [5.74, 6) is -0.0850. The molecule has 0 spiro atoms. The van der Waals surface area contributed by atoms with Crippen molar-refractivity contribution in [1.82, 2.24) is 0 Å². The van der Waals surface area contributed by atoms with Crippen molar-refractivity contribution in [2.24, 2.45) is 0 Å². The van der Waals surface area contributed by atoms with Crippen LogP contribution in [0.5, 0.6) is 0 Å². The molecule has 3 heteroatoms. The van der Waals surface area contributed by atoms with Crippen molar-refractivity contribution in [1.29, 1.82) is 0 Å². The first-order valence-electron chi connectivity index (χ1n) is 9.15.